The van der Waals surface area contributed by atoms with Crippen LogP contribution in [0.4, 0.5) is 0 Å². The van der Waals surface area contributed by atoms with Crippen molar-refractivity contribution in [2.75, 3.05) is 0 Å². The van der Waals surface area contributed by atoms with Gasteiger partial charge in [-0.2, -0.15) is 26.3 Å². The standard InChI is InChI=1S/C41H21N9/c1-23-11-35(48-24(2)47-23)34-17-41(50-38-14-27(20-44)5-9-32(38)33-10-6-28(21-45)15-39(33)50)40(16-29(34)22-46)49-36-12-25(18-42)3-7-30(36)31-8-4-26(19-43)13-37(31)49/h3-17H,1-2H3. The minimum Gasteiger partial charge on any atom is -0.307 e. The third-order valence-electron chi connectivity index (χ3n) is 9.01. The van der Waals surface area contributed by atoms with E-state index in [2.05, 4.69) is 35.3 Å². The molecular weight excluding hydrogens is 619 g/mol. The van der Waals surface area contributed by atoms with Crippen molar-refractivity contribution in [3.8, 4) is 53.0 Å². The van der Waals surface area contributed by atoms with E-state index in [1.54, 1.807) is 49.4 Å². The van der Waals surface area contributed by atoms with Crippen molar-refractivity contribution in [1.29, 1.82) is 26.3 Å². The number of aryl methyl sites for hydroxylation is 2. The number of hydrogen-bond acceptors (Lipinski definition) is 7. The minimum atomic E-state index is 0.348. The molecule has 0 N–H and O–H groups in total. The maximum absolute atomic E-state index is 10.7. The molecule has 0 radical (unpaired) electrons. The van der Waals surface area contributed by atoms with Gasteiger partial charge in [-0.25, -0.2) is 9.97 Å². The minimum absolute atomic E-state index is 0.348. The molecule has 5 aromatic carbocycles. The zero-order valence-corrected chi connectivity index (χ0v) is 26.7. The Labute approximate surface area is 285 Å². The zero-order valence-electron chi connectivity index (χ0n) is 26.7. The van der Waals surface area contributed by atoms with Crippen LogP contribution in [0.15, 0.2) is 91.0 Å². The summed E-state index contributed by atoms with van der Waals surface area (Å²) >= 11 is 0. The molecule has 230 valence electrons. The van der Waals surface area contributed by atoms with E-state index in [-0.39, 0.29) is 0 Å². The molecule has 9 heteroatoms. The van der Waals surface area contributed by atoms with E-state index in [0.29, 0.717) is 67.3 Å². The van der Waals surface area contributed by atoms with Crippen LogP contribution >= 0.6 is 0 Å². The largest absolute Gasteiger partial charge is 0.307 e. The van der Waals surface area contributed by atoms with Crippen LogP contribution in [0.25, 0.3) is 66.2 Å². The molecule has 0 atom stereocenters. The molecule has 8 rings (SSSR count). The first-order chi connectivity index (χ1) is 24.3. The van der Waals surface area contributed by atoms with Crippen molar-refractivity contribution < 1.29 is 0 Å². The van der Waals surface area contributed by atoms with E-state index in [9.17, 15) is 26.3 Å². The second-order valence-corrected chi connectivity index (χ2v) is 12.0. The van der Waals surface area contributed by atoms with Crippen LogP contribution in [0, 0.1) is 70.5 Å². The summed E-state index contributed by atoms with van der Waals surface area (Å²) in [4.78, 5) is 9.17. The molecular formula is C41H21N9. The van der Waals surface area contributed by atoms with Crippen LogP contribution in [0.2, 0.25) is 0 Å². The van der Waals surface area contributed by atoms with Gasteiger partial charge in [-0.15, -0.1) is 0 Å². The van der Waals surface area contributed by atoms with Gasteiger partial charge < -0.3 is 9.13 Å². The Morgan fingerprint density at radius 3 is 1.22 bits per heavy atom. The molecule has 9 nitrogen and oxygen atoms in total. The summed E-state index contributed by atoms with van der Waals surface area (Å²) in [6.45, 7) is 3.67. The average molecular weight is 640 g/mol. The molecule has 8 aromatic rings. The van der Waals surface area contributed by atoms with E-state index < -0.39 is 0 Å². The fourth-order valence-corrected chi connectivity index (χ4v) is 6.93. The van der Waals surface area contributed by atoms with E-state index in [1.165, 1.54) is 0 Å². The quantitative estimate of drug-likeness (QED) is 0.188. The van der Waals surface area contributed by atoms with Gasteiger partial charge in [-0.1, -0.05) is 24.3 Å². The van der Waals surface area contributed by atoms with Crippen LogP contribution in [0.5, 0.6) is 0 Å². The Morgan fingerprint density at radius 2 is 0.860 bits per heavy atom. The number of nitriles is 5. The van der Waals surface area contributed by atoms with Crippen molar-refractivity contribution in [3.05, 3.63) is 130 Å². The van der Waals surface area contributed by atoms with Gasteiger partial charge >= 0.3 is 0 Å². The Kier molecular flexibility index (Phi) is 6.63. The van der Waals surface area contributed by atoms with Gasteiger partial charge in [0.1, 0.15) is 5.82 Å². The number of nitrogens with zero attached hydrogens (tertiary/aromatic N) is 9. The summed E-state index contributed by atoms with van der Waals surface area (Å²) in [5.74, 6) is 0.555. The molecule has 0 amide bonds. The van der Waals surface area contributed by atoms with Gasteiger partial charge in [0.15, 0.2) is 0 Å². The Hall–Kier alpha value is -7.77. The van der Waals surface area contributed by atoms with Gasteiger partial charge in [0.05, 0.1) is 97.3 Å². The Balaban J connectivity index is 1.63. The van der Waals surface area contributed by atoms with E-state index >= 15 is 0 Å². The van der Waals surface area contributed by atoms with Crippen molar-refractivity contribution in [2.45, 2.75) is 13.8 Å². The van der Waals surface area contributed by atoms with E-state index in [4.69, 9.17) is 4.98 Å². The molecule has 0 saturated heterocycles. The molecule has 50 heavy (non-hydrogen) atoms. The maximum Gasteiger partial charge on any atom is 0.126 e. The summed E-state index contributed by atoms with van der Waals surface area (Å²) in [5.41, 5.74) is 8.08. The lowest BCUT2D eigenvalue weighted by atomic mass is 10.0. The third-order valence-corrected chi connectivity index (χ3v) is 9.01. The van der Waals surface area contributed by atoms with Crippen molar-refractivity contribution in [2.24, 2.45) is 0 Å². The molecule has 3 heterocycles. The normalized spacial score (nSPS) is 10.9. The van der Waals surface area contributed by atoms with Crippen LogP contribution in [-0.2, 0) is 0 Å². The second-order valence-electron chi connectivity index (χ2n) is 12.0. The van der Waals surface area contributed by atoms with Crippen LogP contribution in [-0.4, -0.2) is 19.1 Å². The average Bonchev–Trinajstić information content (AvgIpc) is 3.64. The summed E-state index contributed by atoms with van der Waals surface area (Å²) < 4.78 is 3.98. The van der Waals surface area contributed by atoms with Crippen molar-refractivity contribution >= 4 is 43.6 Å². The molecule has 0 bridgehead atoms. The Bertz CT molecular complexity index is 2850. The van der Waals surface area contributed by atoms with E-state index in [0.717, 1.165) is 38.3 Å². The summed E-state index contributed by atoms with van der Waals surface area (Å²) in [6, 6.07) is 38.8. The third kappa shape index (κ3) is 4.43. The van der Waals surface area contributed by atoms with Crippen LogP contribution < -0.4 is 0 Å². The summed E-state index contributed by atoms with van der Waals surface area (Å²) in [5, 5.41) is 53.9. The lowest BCUT2D eigenvalue weighted by Gasteiger charge is -2.19. The molecule has 0 aliphatic carbocycles. The first kappa shape index (κ1) is 29.6. The van der Waals surface area contributed by atoms with Gasteiger partial charge in [-0.05, 0) is 80.6 Å². The fraction of sp³-hybridized carbons (Fsp3) is 0.0488. The molecule has 0 fully saturated rings. The van der Waals surface area contributed by atoms with Crippen LogP contribution in [0.1, 0.15) is 39.3 Å². The first-order valence-corrected chi connectivity index (χ1v) is 15.5. The Morgan fingerprint density at radius 1 is 0.460 bits per heavy atom. The maximum atomic E-state index is 10.7. The highest BCUT2D eigenvalue weighted by Crippen LogP contribution is 2.41. The number of hydrogen-bond donors (Lipinski definition) is 0. The molecule has 0 spiro atoms. The predicted molar refractivity (Wildman–Crippen MR) is 189 cm³/mol. The summed E-state index contributed by atoms with van der Waals surface area (Å²) in [7, 11) is 0. The molecule has 0 saturated carbocycles. The monoisotopic (exact) mass is 639 g/mol. The van der Waals surface area contributed by atoms with Gasteiger partial charge in [0.25, 0.3) is 0 Å². The fourth-order valence-electron chi connectivity index (χ4n) is 6.93. The first-order valence-electron chi connectivity index (χ1n) is 15.5. The molecule has 0 aliphatic heterocycles. The van der Waals surface area contributed by atoms with Gasteiger partial charge in [0.2, 0.25) is 0 Å². The lowest BCUT2D eigenvalue weighted by Crippen LogP contribution is -2.06. The zero-order chi connectivity index (χ0) is 34.7. The molecule has 0 aliphatic rings. The predicted octanol–water partition coefficient (Wildman–Crippen LogP) is 8.31. The second kappa shape index (κ2) is 11.2. The highest BCUT2D eigenvalue weighted by Gasteiger charge is 2.24. The highest BCUT2D eigenvalue weighted by molar-refractivity contribution is 6.12. The topological polar surface area (TPSA) is 155 Å². The highest BCUT2D eigenvalue weighted by atomic mass is 15.1. The molecule has 0 unspecified atom stereocenters. The number of benzene rings is 5. The van der Waals surface area contributed by atoms with Gasteiger partial charge in [0, 0.05) is 32.8 Å². The summed E-state index contributed by atoms with van der Waals surface area (Å²) in [6.07, 6.45) is 0. The number of aromatic nitrogens is 4. The number of fused-ring (bicyclic) bond motifs is 6. The van der Waals surface area contributed by atoms with E-state index in [1.807, 2.05) is 64.6 Å². The van der Waals surface area contributed by atoms with Crippen molar-refractivity contribution in [3.63, 3.8) is 0 Å². The smallest absolute Gasteiger partial charge is 0.126 e. The van der Waals surface area contributed by atoms with Crippen molar-refractivity contribution in [1.82, 2.24) is 19.1 Å². The van der Waals surface area contributed by atoms with Crippen LogP contribution in [0.3, 0.4) is 0 Å². The molecule has 3 aromatic heterocycles. The number of rotatable bonds is 3. The SMILES string of the molecule is Cc1cc(-c2cc(-n3c4cc(C#N)ccc4c4ccc(C#N)cc43)c(-n3c4cc(C#N)ccc4c4ccc(C#N)cc43)cc2C#N)nc(C)n1. The van der Waals surface area contributed by atoms with Gasteiger partial charge in [-0.3, -0.25) is 0 Å². The lowest BCUT2D eigenvalue weighted by molar-refractivity contribution is 1.01.